The summed E-state index contributed by atoms with van der Waals surface area (Å²) >= 11 is 0. The molecule has 0 amide bonds. The summed E-state index contributed by atoms with van der Waals surface area (Å²) in [5.41, 5.74) is 2.19. The van der Waals surface area contributed by atoms with Crippen LogP contribution in [0.15, 0.2) is 60.7 Å². The minimum atomic E-state index is -0.396. The van der Waals surface area contributed by atoms with Gasteiger partial charge in [-0.15, -0.1) is 0 Å². The van der Waals surface area contributed by atoms with Gasteiger partial charge < -0.3 is 28.4 Å². The first-order chi connectivity index (χ1) is 30.6. The first-order valence-corrected chi connectivity index (χ1v) is 24.0. The summed E-state index contributed by atoms with van der Waals surface area (Å²) < 4.78 is 32.4. The smallest absolute Gasteiger partial charge is 0.343 e. The number of hydrogen-bond acceptors (Lipinski definition) is 11. The minimum Gasteiger partial charge on any atom is -0.494 e. The van der Waals surface area contributed by atoms with Crippen molar-refractivity contribution in [2.45, 2.75) is 174 Å². The lowest BCUT2D eigenvalue weighted by molar-refractivity contribution is -0.145. The Kier molecular flexibility index (Phi) is 27.5. The molecule has 350 valence electrons. The normalized spacial score (nSPS) is 14.6. The number of carbonyl (C=O) groups excluding carboxylic acids is 5. The van der Waals surface area contributed by atoms with E-state index >= 15 is 0 Å². The number of benzene rings is 2. The molecule has 1 aliphatic carbocycles. The molecule has 0 spiro atoms. The highest BCUT2D eigenvalue weighted by atomic mass is 16.5. The third kappa shape index (κ3) is 24.7. The summed E-state index contributed by atoms with van der Waals surface area (Å²) in [6.07, 6.45) is 21.5. The van der Waals surface area contributed by atoms with E-state index in [1.165, 1.54) is 56.9 Å². The van der Waals surface area contributed by atoms with Gasteiger partial charge in [0.05, 0.1) is 38.6 Å². The average molecular weight is 877 g/mol. The zero-order valence-corrected chi connectivity index (χ0v) is 38.5. The summed E-state index contributed by atoms with van der Waals surface area (Å²) in [6.45, 7) is 9.35. The molecule has 11 heteroatoms. The van der Waals surface area contributed by atoms with Gasteiger partial charge in [-0.1, -0.05) is 51.3 Å². The Hall–Kier alpha value is -4.67. The van der Waals surface area contributed by atoms with Gasteiger partial charge >= 0.3 is 29.8 Å². The van der Waals surface area contributed by atoms with Crippen molar-refractivity contribution >= 4 is 29.8 Å². The molecule has 0 unspecified atom stereocenters. The standard InChI is InChI=1S/C52H76O11/c1-4-5-11-20-42-24-26-43(27-25-42)44-28-34-47(35-29-44)63-52(57)45-30-32-46(33-31-45)58-36-15-6-7-16-37-59-48(53)21-12-8-17-38-60-49(54)22-13-9-18-39-61-50(55)23-14-10-19-40-62-51(56)41(2)3/h28-35,42-43H,2,4-27,36-40H2,1,3H3/t42-,43-. The fourth-order valence-corrected chi connectivity index (χ4v) is 7.58. The number of carbonyl (C=O) groups is 5. The molecule has 0 radical (unpaired) electrons. The number of rotatable bonds is 34. The Bertz CT molecular complexity index is 1610. The molecule has 0 aliphatic heterocycles. The van der Waals surface area contributed by atoms with Gasteiger partial charge in [0, 0.05) is 24.8 Å². The van der Waals surface area contributed by atoms with E-state index in [-0.39, 0.29) is 23.9 Å². The molecule has 2 aromatic carbocycles. The van der Waals surface area contributed by atoms with Gasteiger partial charge in [-0.3, -0.25) is 14.4 Å². The van der Waals surface area contributed by atoms with Gasteiger partial charge in [0.1, 0.15) is 11.5 Å². The van der Waals surface area contributed by atoms with E-state index in [9.17, 15) is 24.0 Å². The molecule has 0 N–H and O–H groups in total. The molecule has 1 aliphatic rings. The third-order valence-electron chi connectivity index (χ3n) is 11.5. The molecule has 63 heavy (non-hydrogen) atoms. The van der Waals surface area contributed by atoms with Crippen molar-refractivity contribution < 1.29 is 52.4 Å². The predicted molar refractivity (Wildman–Crippen MR) is 245 cm³/mol. The quantitative estimate of drug-likeness (QED) is 0.0218. The topological polar surface area (TPSA) is 141 Å². The van der Waals surface area contributed by atoms with Crippen molar-refractivity contribution in [3.8, 4) is 11.5 Å². The molecule has 0 atom stereocenters. The molecule has 2 aromatic rings. The van der Waals surface area contributed by atoms with Crippen molar-refractivity contribution in [3.63, 3.8) is 0 Å². The summed E-state index contributed by atoms with van der Waals surface area (Å²) in [4.78, 5) is 60.0. The first kappa shape index (κ1) is 52.7. The number of unbranched alkanes of at least 4 members (excludes halogenated alkanes) is 11. The SMILES string of the molecule is C=C(C)C(=O)OCCCCCC(=O)OCCCCCC(=O)OCCCCCC(=O)OCCCCCCOc1ccc(C(=O)Oc2ccc([C@H]3CC[C@H](CCCCC)CC3)cc2)cc1. The van der Waals surface area contributed by atoms with Crippen LogP contribution in [0.4, 0.5) is 0 Å². The number of hydrogen-bond donors (Lipinski definition) is 0. The van der Waals surface area contributed by atoms with E-state index in [1.54, 1.807) is 31.2 Å². The molecule has 1 fully saturated rings. The van der Waals surface area contributed by atoms with E-state index in [0.29, 0.717) is 119 Å². The Labute approximate surface area is 377 Å². The van der Waals surface area contributed by atoms with Crippen molar-refractivity contribution in [1.82, 2.24) is 0 Å². The van der Waals surface area contributed by atoms with Gasteiger partial charge in [-0.05, 0) is 170 Å². The van der Waals surface area contributed by atoms with Crippen LogP contribution in [0, 0.1) is 5.92 Å². The second-order valence-electron chi connectivity index (χ2n) is 17.0. The van der Waals surface area contributed by atoms with Crippen LogP contribution in [-0.2, 0) is 38.1 Å². The predicted octanol–water partition coefficient (Wildman–Crippen LogP) is 12.1. The van der Waals surface area contributed by atoms with E-state index in [4.69, 9.17) is 28.4 Å². The maximum absolute atomic E-state index is 12.8. The van der Waals surface area contributed by atoms with Gasteiger partial charge in [0.25, 0.3) is 0 Å². The van der Waals surface area contributed by atoms with Crippen molar-refractivity contribution in [2.24, 2.45) is 5.92 Å². The molecule has 11 nitrogen and oxygen atoms in total. The van der Waals surface area contributed by atoms with E-state index in [0.717, 1.165) is 50.9 Å². The summed E-state index contributed by atoms with van der Waals surface area (Å²) in [7, 11) is 0. The zero-order chi connectivity index (χ0) is 45.3. The highest BCUT2D eigenvalue weighted by Crippen LogP contribution is 2.38. The third-order valence-corrected chi connectivity index (χ3v) is 11.5. The lowest BCUT2D eigenvalue weighted by atomic mass is 9.77. The monoisotopic (exact) mass is 877 g/mol. The fraction of sp³-hybridized carbons (Fsp3) is 0.635. The van der Waals surface area contributed by atoms with Gasteiger partial charge in [-0.2, -0.15) is 0 Å². The second-order valence-corrected chi connectivity index (χ2v) is 17.0. The molecule has 0 bridgehead atoms. The highest BCUT2D eigenvalue weighted by Gasteiger charge is 2.22. The van der Waals surface area contributed by atoms with Crippen LogP contribution in [0.3, 0.4) is 0 Å². The lowest BCUT2D eigenvalue weighted by Gasteiger charge is -2.29. The molecular formula is C52H76O11. The zero-order valence-electron chi connectivity index (χ0n) is 38.5. The lowest BCUT2D eigenvalue weighted by Crippen LogP contribution is -2.13. The Balaban J connectivity index is 1.08. The molecule has 0 aromatic heterocycles. The van der Waals surface area contributed by atoms with Crippen LogP contribution in [0.25, 0.3) is 0 Å². The average Bonchev–Trinajstić information content (AvgIpc) is 3.28. The fourth-order valence-electron chi connectivity index (χ4n) is 7.58. The Morgan fingerprint density at radius 1 is 0.524 bits per heavy atom. The van der Waals surface area contributed by atoms with Crippen LogP contribution in [0.5, 0.6) is 11.5 Å². The molecule has 3 rings (SSSR count). The van der Waals surface area contributed by atoms with Crippen molar-refractivity contribution in [3.05, 3.63) is 71.8 Å². The van der Waals surface area contributed by atoms with Crippen LogP contribution in [0.1, 0.15) is 190 Å². The van der Waals surface area contributed by atoms with Crippen LogP contribution in [-0.4, -0.2) is 62.9 Å². The van der Waals surface area contributed by atoms with Crippen molar-refractivity contribution in [1.29, 1.82) is 0 Å². The Morgan fingerprint density at radius 2 is 0.984 bits per heavy atom. The highest BCUT2D eigenvalue weighted by molar-refractivity contribution is 5.91. The largest absolute Gasteiger partial charge is 0.494 e. The van der Waals surface area contributed by atoms with Gasteiger partial charge in [-0.25, -0.2) is 9.59 Å². The maximum atomic E-state index is 12.8. The summed E-state index contributed by atoms with van der Waals surface area (Å²) in [5.74, 6) is 1.28. The molecule has 0 saturated heterocycles. The van der Waals surface area contributed by atoms with Gasteiger partial charge in [0.15, 0.2) is 0 Å². The second kappa shape index (κ2) is 32.9. The van der Waals surface area contributed by atoms with Crippen LogP contribution < -0.4 is 9.47 Å². The summed E-state index contributed by atoms with van der Waals surface area (Å²) in [5, 5.41) is 0. The van der Waals surface area contributed by atoms with E-state index < -0.39 is 5.97 Å². The molecular weight excluding hydrogens is 801 g/mol. The Morgan fingerprint density at radius 3 is 1.48 bits per heavy atom. The van der Waals surface area contributed by atoms with Crippen molar-refractivity contribution in [2.75, 3.05) is 33.0 Å². The van der Waals surface area contributed by atoms with Crippen LogP contribution >= 0.6 is 0 Å². The van der Waals surface area contributed by atoms with Gasteiger partial charge in [0.2, 0.25) is 0 Å². The summed E-state index contributed by atoms with van der Waals surface area (Å²) in [6, 6.07) is 15.1. The minimum absolute atomic E-state index is 0.203. The first-order valence-electron chi connectivity index (χ1n) is 24.0. The molecule has 0 heterocycles. The maximum Gasteiger partial charge on any atom is 0.343 e. The number of esters is 5. The van der Waals surface area contributed by atoms with Crippen LogP contribution in [0.2, 0.25) is 0 Å². The van der Waals surface area contributed by atoms with E-state index in [2.05, 4.69) is 25.6 Å². The number of ether oxygens (including phenoxy) is 6. The van der Waals surface area contributed by atoms with E-state index in [1.807, 2.05) is 12.1 Å². The molecule has 1 saturated carbocycles.